The molecule has 0 spiro atoms. The molecule has 1 saturated heterocycles. The van der Waals surface area contributed by atoms with E-state index in [0.29, 0.717) is 0 Å². The van der Waals surface area contributed by atoms with E-state index in [2.05, 4.69) is 24.1 Å². The van der Waals surface area contributed by atoms with Crippen molar-refractivity contribution in [3.8, 4) is 6.07 Å². The van der Waals surface area contributed by atoms with Crippen LogP contribution in [0.3, 0.4) is 0 Å². The van der Waals surface area contributed by atoms with Gasteiger partial charge in [0.1, 0.15) is 6.07 Å². The number of nitriles is 1. The minimum atomic E-state index is 0.274. The van der Waals surface area contributed by atoms with Crippen LogP contribution in [0.1, 0.15) is 18.1 Å². The molecule has 19 heavy (non-hydrogen) atoms. The average molecular weight is 255 g/mol. The van der Waals surface area contributed by atoms with Gasteiger partial charge in [-0.15, -0.1) is 0 Å². The Hall–Kier alpha value is -1.83. The first-order valence-corrected chi connectivity index (χ1v) is 6.60. The van der Waals surface area contributed by atoms with Crippen LogP contribution in [0.5, 0.6) is 0 Å². The van der Waals surface area contributed by atoms with Gasteiger partial charge >= 0.3 is 0 Å². The van der Waals surface area contributed by atoms with E-state index < -0.39 is 0 Å². The molecule has 98 valence electrons. The minimum absolute atomic E-state index is 0.274. The van der Waals surface area contributed by atoms with E-state index in [4.69, 9.17) is 4.74 Å². The van der Waals surface area contributed by atoms with Crippen LogP contribution < -0.4 is 0 Å². The van der Waals surface area contributed by atoms with Gasteiger partial charge in [0.2, 0.25) is 0 Å². The van der Waals surface area contributed by atoms with Crippen molar-refractivity contribution < 1.29 is 4.74 Å². The van der Waals surface area contributed by atoms with Gasteiger partial charge in [-0.1, -0.05) is 6.07 Å². The molecule has 0 amide bonds. The number of nitrogens with zero attached hydrogens (tertiary/aromatic N) is 3. The molecule has 1 aliphatic rings. The number of pyridine rings is 1. The summed E-state index contributed by atoms with van der Waals surface area (Å²) in [4.78, 5) is 2.35. The third-order valence-corrected chi connectivity index (χ3v) is 3.59. The Morgan fingerprint density at radius 1 is 1.47 bits per heavy atom. The lowest BCUT2D eigenvalue weighted by Gasteiger charge is -2.30. The molecule has 1 atom stereocenters. The Labute approximate surface area is 112 Å². The summed E-state index contributed by atoms with van der Waals surface area (Å²) in [6.45, 7) is 5.54. The summed E-state index contributed by atoms with van der Waals surface area (Å²) in [6.07, 6.45) is 4.33. The van der Waals surface area contributed by atoms with Gasteiger partial charge in [-0.05, 0) is 19.1 Å². The monoisotopic (exact) mass is 255 g/mol. The highest BCUT2D eigenvalue weighted by molar-refractivity contribution is 5.65. The number of fused-ring (bicyclic) bond motifs is 1. The predicted molar refractivity (Wildman–Crippen MR) is 72.8 cm³/mol. The number of hydrogen-bond donors (Lipinski definition) is 0. The van der Waals surface area contributed by atoms with Gasteiger partial charge in [0.25, 0.3) is 0 Å². The Balaban J connectivity index is 1.90. The molecule has 0 unspecified atom stereocenters. The maximum Gasteiger partial charge on any atom is 0.102 e. The second-order valence-electron chi connectivity index (χ2n) is 5.05. The molecule has 0 aromatic carbocycles. The van der Waals surface area contributed by atoms with Gasteiger partial charge < -0.3 is 9.14 Å². The van der Waals surface area contributed by atoms with Crippen molar-refractivity contribution in [2.45, 2.75) is 19.6 Å². The van der Waals surface area contributed by atoms with Crippen molar-refractivity contribution in [2.75, 3.05) is 19.7 Å². The fourth-order valence-corrected chi connectivity index (χ4v) is 2.70. The highest BCUT2D eigenvalue weighted by atomic mass is 16.5. The summed E-state index contributed by atoms with van der Waals surface area (Å²) in [5.74, 6) is 0. The molecule has 1 fully saturated rings. The van der Waals surface area contributed by atoms with Crippen molar-refractivity contribution >= 4 is 5.52 Å². The molecule has 4 nitrogen and oxygen atoms in total. The Morgan fingerprint density at radius 2 is 2.37 bits per heavy atom. The first-order valence-electron chi connectivity index (χ1n) is 6.60. The maximum absolute atomic E-state index is 9.38. The molecule has 2 aromatic heterocycles. The smallest absolute Gasteiger partial charge is 0.102 e. The molecule has 0 bridgehead atoms. The molecule has 2 aromatic rings. The summed E-state index contributed by atoms with van der Waals surface area (Å²) >= 11 is 0. The van der Waals surface area contributed by atoms with E-state index in [9.17, 15) is 5.26 Å². The number of ether oxygens (including phenoxy) is 1. The SMILES string of the molecule is C[C@@H]1CN(Cc2cn3ccccc3c2C#N)CCO1. The molecule has 3 rings (SSSR count). The fourth-order valence-electron chi connectivity index (χ4n) is 2.70. The van der Waals surface area contributed by atoms with Crippen molar-refractivity contribution in [1.29, 1.82) is 5.26 Å². The third kappa shape index (κ3) is 2.35. The summed E-state index contributed by atoms with van der Waals surface area (Å²) in [7, 11) is 0. The van der Waals surface area contributed by atoms with Crippen molar-refractivity contribution in [1.82, 2.24) is 9.30 Å². The lowest BCUT2D eigenvalue weighted by Crippen LogP contribution is -2.40. The zero-order chi connectivity index (χ0) is 13.2. The topological polar surface area (TPSA) is 40.7 Å². The second kappa shape index (κ2) is 5.04. The molecular formula is C15H17N3O. The summed E-state index contributed by atoms with van der Waals surface area (Å²) in [6, 6.07) is 8.28. The van der Waals surface area contributed by atoms with Crippen molar-refractivity contribution in [3.05, 3.63) is 41.7 Å². The Bertz CT molecular complexity index is 626. The van der Waals surface area contributed by atoms with Gasteiger partial charge in [0.05, 0.1) is 23.8 Å². The fraction of sp³-hybridized carbons (Fsp3) is 0.400. The van der Waals surface area contributed by atoms with Gasteiger partial charge in [-0.3, -0.25) is 4.90 Å². The average Bonchev–Trinajstić information content (AvgIpc) is 2.75. The number of aromatic nitrogens is 1. The summed E-state index contributed by atoms with van der Waals surface area (Å²) in [5, 5.41) is 9.38. The molecule has 4 heteroatoms. The molecule has 0 saturated carbocycles. The first kappa shape index (κ1) is 12.2. The van der Waals surface area contributed by atoms with E-state index in [0.717, 1.165) is 42.9 Å². The van der Waals surface area contributed by atoms with E-state index >= 15 is 0 Å². The standard InChI is InChI=1S/C15H17N3O/c1-12-9-17(6-7-19-12)10-13-11-18-5-3-2-4-15(18)14(13)8-16/h2-5,11-12H,6-7,9-10H2,1H3/t12-/m1/s1. The van der Waals surface area contributed by atoms with Crippen LogP contribution in [0.25, 0.3) is 5.52 Å². The van der Waals surface area contributed by atoms with Crippen molar-refractivity contribution in [2.24, 2.45) is 0 Å². The van der Waals surface area contributed by atoms with Crippen LogP contribution in [0.15, 0.2) is 30.6 Å². The van der Waals surface area contributed by atoms with E-state index in [-0.39, 0.29) is 6.10 Å². The molecule has 0 aliphatic carbocycles. The van der Waals surface area contributed by atoms with Crippen LogP contribution in [0.2, 0.25) is 0 Å². The largest absolute Gasteiger partial charge is 0.376 e. The van der Waals surface area contributed by atoms with Gasteiger partial charge in [-0.25, -0.2) is 0 Å². The first-order chi connectivity index (χ1) is 9.28. The van der Waals surface area contributed by atoms with Crippen LogP contribution in [-0.2, 0) is 11.3 Å². The van der Waals surface area contributed by atoms with E-state index in [1.807, 2.05) is 28.8 Å². The molecule has 0 N–H and O–H groups in total. The minimum Gasteiger partial charge on any atom is -0.376 e. The molecule has 0 radical (unpaired) electrons. The highest BCUT2D eigenvalue weighted by Crippen LogP contribution is 2.20. The number of rotatable bonds is 2. The van der Waals surface area contributed by atoms with E-state index in [1.165, 1.54) is 0 Å². The predicted octanol–water partition coefficient (Wildman–Crippen LogP) is 2.03. The van der Waals surface area contributed by atoms with Crippen LogP contribution >= 0.6 is 0 Å². The summed E-state index contributed by atoms with van der Waals surface area (Å²) < 4.78 is 7.57. The second-order valence-corrected chi connectivity index (χ2v) is 5.05. The van der Waals surface area contributed by atoms with Gasteiger partial charge in [0.15, 0.2) is 0 Å². The zero-order valence-electron chi connectivity index (χ0n) is 11.0. The molecular weight excluding hydrogens is 238 g/mol. The lowest BCUT2D eigenvalue weighted by molar-refractivity contribution is -0.0212. The Kier molecular flexibility index (Phi) is 3.24. The highest BCUT2D eigenvalue weighted by Gasteiger charge is 2.19. The lowest BCUT2D eigenvalue weighted by atomic mass is 10.1. The summed E-state index contributed by atoms with van der Waals surface area (Å²) in [5.41, 5.74) is 2.88. The molecule has 3 heterocycles. The quantitative estimate of drug-likeness (QED) is 0.824. The zero-order valence-corrected chi connectivity index (χ0v) is 11.0. The van der Waals surface area contributed by atoms with Gasteiger partial charge in [0, 0.05) is 37.6 Å². The normalized spacial score (nSPS) is 20.5. The maximum atomic E-state index is 9.38. The van der Waals surface area contributed by atoms with Crippen LogP contribution in [0, 0.1) is 11.3 Å². The van der Waals surface area contributed by atoms with Crippen LogP contribution in [-0.4, -0.2) is 35.1 Å². The molecule has 1 aliphatic heterocycles. The van der Waals surface area contributed by atoms with E-state index in [1.54, 1.807) is 0 Å². The third-order valence-electron chi connectivity index (χ3n) is 3.59. The number of hydrogen-bond acceptors (Lipinski definition) is 3. The Morgan fingerprint density at radius 3 is 3.16 bits per heavy atom. The van der Waals surface area contributed by atoms with Crippen LogP contribution in [0.4, 0.5) is 0 Å². The van der Waals surface area contributed by atoms with Gasteiger partial charge in [-0.2, -0.15) is 5.26 Å². The number of morpholine rings is 1. The van der Waals surface area contributed by atoms with Crippen molar-refractivity contribution in [3.63, 3.8) is 0 Å².